The highest BCUT2D eigenvalue weighted by Gasteiger charge is 2.13. The van der Waals surface area contributed by atoms with Crippen molar-refractivity contribution in [2.24, 2.45) is 5.73 Å². The van der Waals surface area contributed by atoms with Crippen LogP contribution in [0.1, 0.15) is 16.7 Å². The predicted octanol–water partition coefficient (Wildman–Crippen LogP) is 4.12. The van der Waals surface area contributed by atoms with Gasteiger partial charge in [0.25, 0.3) is 0 Å². The lowest BCUT2D eigenvalue weighted by Gasteiger charge is -2.15. The lowest BCUT2D eigenvalue weighted by Crippen LogP contribution is -2.08. The van der Waals surface area contributed by atoms with Crippen LogP contribution in [0.4, 0.5) is 8.78 Å². The maximum atomic E-state index is 13.6. The van der Waals surface area contributed by atoms with Gasteiger partial charge in [-0.1, -0.05) is 22.0 Å². The molecule has 0 aliphatic carbocycles. The third kappa shape index (κ3) is 3.80. The number of hydrogen-bond acceptors (Lipinski definition) is 2. The fourth-order valence-electron chi connectivity index (χ4n) is 2.16. The third-order valence-corrected chi connectivity index (χ3v) is 3.61. The Morgan fingerprint density at radius 2 is 1.86 bits per heavy atom. The van der Waals surface area contributed by atoms with Crippen LogP contribution in [0.2, 0.25) is 0 Å². The maximum Gasteiger partial charge on any atom is 0.132 e. The highest BCUT2D eigenvalue weighted by molar-refractivity contribution is 9.10. The molecule has 112 valence electrons. The molecule has 2 aromatic carbocycles. The minimum absolute atomic E-state index is 0.0708. The summed E-state index contributed by atoms with van der Waals surface area (Å²) in [7, 11) is 0. The van der Waals surface area contributed by atoms with Crippen LogP contribution in [-0.2, 0) is 13.0 Å². The van der Waals surface area contributed by atoms with E-state index >= 15 is 0 Å². The van der Waals surface area contributed by atoms with E-state index in [0.717, 1.165) is 15.6 Å². The van der Waals surface area contributed by atoms with Gasteiger partial charge in [0.15, 0.2) is 0 Å². The van der Waals surface area contributed by atoms with Crippen LogP contribution in [-0.4, -0.2) is 6.54 Å². The number of benzene rings is 2. The van der Waals surface area contributed by atoms with Crippen molar-refractivity contribution in [2.45, 2.75) is 20.0 Å². The Morgan fingerprint density at radius 1 is 1.19 bits per heavy atom. The van der Waals surface area contributed by atoms with Crippen molar-refractivity contribution in [1.29, 1.82) is 0 Å². The molecule has 5 heteroatoms. The Balaban J connectivity index is 2.27. The quantitative estimate of drug-likeness (QED) is 0.875. The van der Waals surface area contributed by atoms with E-state index in [9.17, 15) is 8.78 Å². The molecule has 2 aromatic rings. The highest BCUT2D eigenvalue weighted by atomic mass is 79.9. The van der Waals surface area contributed by atoms with Crippen LogP contribution in [0.25, 0.3) is 0 Å². The molecule has 0 aliphatic heterocycles. The fourth-order valence-corrected chi connectivity index (χ4v) is 2.78. The number of nitrogens with two attached hydrogens (primary N) is 1. The summed E-state index contributed by atoms with van der Waals surface area (Å²) in [5, 5.41) is 0. The summed E-state index contributed by atoms with van der Waals surface area (Å²) in [5.74, 6) is -0.582. The lowest BCUT2D eigenvalue weighted by atomic mass is 10.1. The highest BCUT2D eigenvalue weighted by Crippen LogP contribution is 2.29. The van der Waals surface area contributed by atoms with Crippen LogP contribution >= 0.6 is 15.9 Å². The molecule has 0 heterocycles. The van der Waals surface area contributed by atoms with Gasteiger partial charge in [0.2, 0.25) is 0 Å². The maximum absolute atomic E-state index is 13.6. The van der Waals surface area contributed by atoms with E-state index in [0.29, 0.717) is 18.7 Å². The van der Waals surface area contributed by atoms with Gasteiger partial charge in [-0.3, -0.25) is 0 Å². The van der Waals surface area contributed by atoms with Gasteiger partial charge in [-0.2, -0.15) is 0 Å². The van der Waals surface area contributed by atoms with E-state index in [-0.39, 0.29) is 12.2 Å². The van der Waals surface area contributed by atoms with Crippen molar-refractivity contribution < 1.29 is 13.5 Å². The molecule has 0 spiro atoms. The Labute approximate surface area is 131 Å². The standard InChI is InChI=1S/C16H16BrF2NO/c1-10-7-12(17)8-11(5-6-20)16(10)21-9-13-14(18)3-2-4-15(13)19/h2-4,7-8H,5-6,9,20H2,1H3. The fraction of sp³-hybridized carbons (Fsp3) is 0.250. The molecule has 2 rings (SSSR count). The van der Waals surface area contributed by atoms with Gasteiger partial charge in [0.05, 0.1) is 5.56 Å². The first-order valence-corrected chi connectivity index (χ1v) is 7.37. The smallest absolute Gasteiger partial charge is 0.132 e. The van der Waals surface area contributed by atoms with Gasteiger partial charge >= 0.3 is 0 Å². The zero-order chi connectivity index (χ0) is 15.4. The Kier molecular flexibility index (Phi) is 5.31. The molecule has 0 bridgehead atoms. The van der Waals surface area contributed by atoms with Crippen molar-refractivity contribution in [3.63, 3.8) is 0 Å². The predicted molar refractivity (Wildman–Crippen MR) is 82.3 cm³/mol. The van der Waals surface area contributed by atoms with Crippen LogP contribution in [0.15, 0.2) is 34.8 Å². The first kappa shape index (κ1) is 15.9. The zero-order valence-corrected chi connectivity index (χ0v) is 13.2. The molecule has 0 atom stereocenters. The van der Waals surface area contributed by atoms with Crippen molar-refractivity contribution in [1.82, 2.24) is 0 Å². The first-order valence-electron chi connectivity index (χ1n) is 6.57. The number of rotatable bonds is 5. The topological polar surface area (TPSA) is 35.2 Å². The number of ether oxygens (including phenoxy) is 1. The van der Waals surface area contributed by atoms with Gasteiger partial charge in [-0.25, -0.2) is 8.78 Å². The summed E-state index contributed by atoms with van der Waals surface area (Å²) in [5.41, 5.74) is 7.33. The molecule has 0 unspecified atom stereocenters. The Bertz CT molecular complexity index is 626. The SMILES string of the molecule is Cc1cc(Br)cc(CCN)c1OCc1c(F)cccc1F. The molecule has 0 saturated carbocycles. The zero-order valence-electron chi connectivity index (χ0n) is 11.6. The van der Waals surface area contributed by atoms with E-state index in [1.165, 1.54) is 18.2 Å². The van der Waals surface area contributed by atoms with E-state index < -0.39 is 11.6 Å². The summed E-state index contributed by atoms with van der Waals surface area (Å²) in [6.45, 7) is 2.21. The van der Waals surface area contributed by atoms with Gasteiger partial charge in [0, 0.05) is 4.47 Å². The molecule has 2 N–H and O–H groups in total. The minimum Gasteiger partial charge on any atom is -0.488 e. The number of hydrogen-bond donors (Lipinski definition) is 1. The molecule has 0 amide bonds. The molecule has 0 aromatic heterocycles. The summed E-state index contributed by atoms with van der Waals surface area (Å²) < 4.78 is 33.8. The molecule has 0 radical (unpaired) electrons. The monoisotopic (exact) mass is 355 g/mol. The lowest BCUT2D eigenvalue weighted by molar-refractivity contribution is 0.287. The van der Waals surface area contributed by atoms with Gasteiger partial charge in [-0.15, -0.1) is 0 Å². The molecule has 2 nitrogen and oxygen atoms in total. The van der Waals surface area contributed by atoms with Crippen molar-refractivity contribution >= 4 is 15.9 Å². The second kappa shape index (κ2) is 7.00. The van der Waals surface area contributed by atoms with Crippen molar-refractivity contribution in [2.75, 3.05) is 6.54 Å². The molecule has 21 heavy (non-hydrogen) atoms. The van der Waals surface area contributed by atoms with Crippen LogP contribution in [0.3, 0.4) is 0 Å². The Hall–Kier alpha value is -1.46. The van der Waals surface area contributed by atoms with Crippen LogP contribution in [0.5, 0.6) is 5.75 Å². The average molecular weight is 356 g/mol. The Morgan fingerprint density at radius 3 is 2.48 bits per heavy atom. The minimum atomic E-state index is -0.606. The van der Waals surface area contributed by atoms with Gasteiger partial charge < -0.3 is 10.5 Å². The van der Waals surface area contributed by atoms with E-state index in [1.54, 1.807) is 0 Å². The molecular formula is C16H16BrF2NO. The second-order valence-corrected chi connectivity index (χ2v) is 5.65. The second-order valence-electron chi connectivity index (χ2n) is 4.74. The molecule has 0 aliphatic rings. The molecule has 0 saturated heterocycles. The number of halogens is 3. The summed E-state index contributed by atoms with van der Waals surface area (Å²) in [4.78, 5) is 0. The van der Waals surface area contributed by atoms with Crippen LogP contribution < -0.4 is 10.5 Å². The van der Waals surface area contributed by atoms with Crippen molar-refractivity contribution in [3.05, 3.63) is 63.1 Å². The van der Waals surface area contributed by atoms with Gasteiger partial charge in [0.1, 0.15) is 24.0 Å². The molecule has 0 fully saturated rings. The number of aryl methyl sites for hydroxylation is 1. The average Bonchev–Trinajstić information content (AvgIpc) is 2.40. The largest absolute Gasteiger partial charge is 0.488 e. The normalized spacial score (nSPS) is 10.7. The summed E-state index contributed by atoms with van der Waals surface area (Å²) >= 11 is 3.42. The first-order chi connectivity index (χ1) is 10.0. The van der Waals surface area contributed by atoms with E-state index in [1.807, 2.05) is 19.1 Å². The van der Waals surface area contributed by atoms with Crippen molar-refractivity contribution in [3.8, 4) is 5.75 Å². The summed E-state index contributed by atoms with van der Waals surface area (Å²) in [6, 6.07) is 7.58. The molecular weight excluding hydrogens is 340 g/mol. The van der Waals surface area contributed by atoms with Crippen LogP contribution in [0, 0.1) is 18.6 Å². The third-order valence-electron chi connectivity index (χ3n) is 3.15. The summed E-state index contributed by atoms with van der Waals surface area (Å²) in [6.07, 6.45) is 0.634. The van der Waals surface area contributed by atoms with E-state index in [4.69, 9.17) is 10.5 Å². The van der Waals surface area contributed by atoms with E-state index in [2.05, 4.69) is 15.9 Å². The van der Waals surface area contributed by atoms with Gasteiger partial charge in [-0.05, 0) is 55.3 Å².